The van der Waals surface area contributed by atoms with Crippen molar-refractivity contribution in [3.63, 3.8) is 0 Å². The van der Waals surface area contributed by atoms with Gasteiger partial charge in [0.2, 0.25) is 0 Å². The van der Waals surface area contributed by atoms with Gasteiger partial charge in [0.15, 0.2) is 0 Å². The maximum Gasteiger partial charge on any atom is 0.142 e. The van der Waals surface area contributed by atoms with Gasteiger partial charge in [-0.3, -0.25) is 0 Å². The molecule has 1 N–H and O–H groups in total. The van der Waals surface area contributed by atoms with Gasteiger partial charge in [-0.25, -0.2) is 4.98 Å². The minimum atomic E-state index is 0.552. The summed E-state index contributed by atoms with van der Waals surface area (Å²) in [5, 5.41) is 3.85. The number of nitrogens with zero attached hydrogens (tertiary/aromatic N) is 2. The molecule has 2 heterocycles. The maximum atomic E-state index is 5.92. The number of methoxy groups -OCH3 is 1. The second-order valence-corrected chi connectivity index (χ2v) is 3.82. The molecule has 0 radical (unpaired) electrons. The van der Waals surface area contributed by atoms with E-state index in [-0.39, 0.29) is 0 Å². The molecule has 15 heavy (non-hydrogen) atoms. The van der Waals surface area contributed by atoms with Crippen LogP contribution in [0.2, 0.25) is 5.02 Å². The zero-order valence-electron chi connectivity index (χ0n) is 8.66. The number of aromatic nitrogens is 1. The van der Waals surface area contributed by atoms with Gasteiger partial charge in [-0.05, 0) is 0 Å². The van der Waals surface area contributed by atoms with Gasteiger partial charge in [-0.15, -0.1) is 0 Å². The predicted molar refractivity (Wildman–Crippen MR) is 60.9 cm³/mol. The van der Waals surface area contributed by atoms with E-state index in [0.29, 0.717) is 10.8 Å². The lowest BCUT2D eigenvalue weighted by molar-refractivity contribution is 0.414. The van der Waals surface area contributed by atoms with E-state index < -0.39 is 0 Å². The monoisotopic (exact) mass is 227 g/mol. The summed E-state index contributed by atoms with van der Waals surface area (Å²) in [5.74, 6) is 1.61. The van der Waals surface area contributed by atoms with E-state index in [1.165, 1.54) is 0 Å². The molecular weight excluding hydrogens is 214 g/mol. The highest BCUT2D eigenvalue weighted by atomic mass is 35.5. The number of hydrogen-bond acceptors (Lipinski definition) is 4. The van der Waals surface area contributed by atoms with E-state index in [2.05, 4.69) is 15.2 Å². The standard InChI is InChI=1S/C10H14ClN3O/c1-15-9-6-10(13-7-8(9)11)14-4-2-12-3-5-14/h6-7,12H,2-5H2,1H3. The molecule has 0 atom stereocenters. The molecule has 1 saturated heterocycles. The number of pyridine rings is 1. The fourth-order valence-electron chi connectivity index (χ4n) is 1.63. The molecule has 1 aromatic rings. The summed E-state index contributed by atoms with van der Waals surface area (Å²) in [5.41, 5.74) is 0. The second kappa shape index (κ2) is 4.68. The summed E-state index contributed by atoms with van der Waals surface area (Å²) in [6, 6.07) is 1.88. The molecule has 0 aliphatic carbocycles. The highest BCUT2D eigenvalue weighted by Crippen LogP contribution is 2.27. The van der Waals surface area contributed by atoms with Crippen LogP contribution in [0.25, 0.3) is 0 Å². The topological polar surface area (TPSA) is 37.4 Å². The van der Waals surface area contributed by atoms with E-state index in [1.54, 1.807) is 13.3 Å². The average molecular weight is 228 g/mol. The molecule has 0 saturated carbocycles. The Hall–Kier alpha value is -1.00. The lowest BCUT2D eigenvalue weighted by Crippen LogP contribution is -2.43. The summed E-state index contributed by atoms with van der Waals surface area (Å²) < 4.78 is 5.16. The lowest BCUT2D eigenvalue weighted by atomic mass is 10.3. The Morgan fingerprint density at radius 2 is 2.20 bits per heavy atom. The van der Waals surface area contributed by atoms with Crippen molar-refractivity contribution in [1.29, 1.82) is 0 Å². The first-order valence-corrected chi connectivity index (χ1v) is 5.34. The van der Waals surface area contributed by atoms with Crippen molar-refractivity contribution in [3.05, 3.63) is 17.3 Å². The van der Waals surface area contributed by atoms with Crippen LogP contribution in [-0.2, 0) is 0 Å². The third-order valence-corrected chi connectivity index (χ3v) is 2.75. The first kappa shape index (κ1) is 10.5. The minimum absolute atomic E-state index is 0.552. The quantitative estimate of drug-likeness (QED) is 0.823. The Morgan fingerprint density at radius 3 is 2.87 bits per heavy atom. The molecule has 1 aliphatic heterocycles. The van der Waals surface area contributed by atoms with Crippen LogP contribution in [0.3, 0.4) is 0 Å². The van der Waals surface area contributed by atoms with Crippen molar-refractivity contribution < 1.29 is 4.74 Å². The Morgan fingerprint density at radius 1 is 1.47 bits per heavy atom. The predicted octanol–water partition coefficient (Wildman–Crippen LogP) is 1.15. The number of ether oxygens (including phenoxy) is 1. The largest absolute Gasteiger partial charge is 0.495 e. The molecule has 0 bridgehead atoms. The Bertz CT molecular complexity index is 339. The highest BCUT2D eigenvalue weighted by Gasteiger charge is 2.13. The molecule has 0 aromatic carbocycles. The zero-order valence-corrected chi connectivity index (χ0v) is 9.42. The zero-order chi connectivity index (χ0) is 10.7. The summed E-state index contributed by atoms with van der Waals surface area (Å²) in [6.07, 6.45) is 1.64. The van der Waals surface area contributed by atoms with Crippen molar-refractivity contribution in [3.8, 4) is 5.75 Å². The Kier molecular flexibility index (Phi) is 3.28. The molecule has 1 aliphatic rings. The molecule has 0 spiro atoms. The fourth-order valence-corrected chi connectivity index (χ4v) is 1.81. The van der Waals surface area contributed by atoms with E-state index in [4.69, 9.17) is 16.3 Å². The molecule has 1 fully saturated rings. The molecule has 2 rings (SSSR count). The third kappa shape index (κ3) is 2.33. The van der Waals surface area contributed by atoms with Crippen molar-refractivity contribution in [2.45, 2.75) is 0 Å². The summed E-state index contributed by atoms with van der Waals surface area (Å²) in [4.78, 5) is 6.51. The molecule has 4 nitrogen and oxygen atoms in total. The first-order valence-electron chi connectivity index (χ1n) is 4.96. The van der Waals surface area contributed by atoms with Gasteiger partial charge in [0, 0.05) is 32.2 Å². The van der Waals surface area contributed by atoms with Crippen LogP contribution in [0.5, 0.6) is 5.75 Å². The summed E-state index contributed by atoms with van der Waals surface area (Å²) in [7, 11) is 1.61. The minimum Gasteiger partial charge on any atom is -0.495 e. The molecule has 82 valence electrons. The van der Waals surface area contributed by atoms with E-state index >= 15 is 0 Å². The highest BCUT2D eigenvalue weighted by molar-refractivity contribution is 6.31. The van der Waals surface area contributed by atoms with Gasteiger partial charge < -0.3 is 15.0 Å². The fraction of sp³-hybridized carbons (Fsp3) is 0.500. The van der Waals surface area contributed by atoms with Gasteiger partial charge in [0.25, 0.3) is 0 Å². The van der Waals surface area contributed by atoms with Crippen LogP contribution < -0.4 is 15.0 Å². The van der Waals surface area contributed by atoms with Crippen LogP contribution in [0.4, 0.5) is 5.82 Å². The van der Waals surface area contributed by atoms with Gasteiger partial charge in [-0.2, -0.15) is 0 Å². The number of rotatable bonds is 2. The molecule has 0 amide bonds. The Labute approximate surface area is 94.2 Å². The smallest absolute Gasteiger partial charge is 0.142 e. The van der Waals surface area contributed by atoms with Crippen molar-refractivity contribution in [2.75, 3.05) is 38.2 Å². The van der Waals surface area contributed by atoms with Crippen LogP contribution in [0, 0.1) is 0 Å². The van der Waals surface area contributed by atoms with Crippen LogP contribution in [-0.4, -0.2) is 38.3 Å². The summed E-state index contributed by atoms with van der Waals surface area (Å²) in [6.45, 7) is 3.93. The maximum absolute atomic E-state index is 5.92. The van der Waals surface area contributed by atoms with Crippen molar-refractivity contribution in [2.24, 2.45) is 0 Å². The van der Waals surface area contributed by atoms with Gasteiger partial charge in [0.05, 0.1) is 13.3 Å². The molecular formula is C10H14ClN3O. The van der Waals surface area contributed by atoms with Crippen LogP contribution >= 0.6 is 11.6 Å². The average Bonchev–Trinajstić information content (AvgIpc) is 2.31. The second-order valence-electron chi connectivity index (χ2n) is 3.41. The number of nitrogens with one attached hydrogen (secondary N) is 1. The molecule has 1 aromatic heterocycles. The van der Waals surface area contributed by atoms with E-state index in [0.717, 1.165) is 32.0 Å². The van der Waals surface area contributed by atoms with Gasteiger partial charge >= 0.3 is 0 Å². The van der Waals surface area contributed by atoms with E-state index in [1.807, 2.05) is 6.07 Å². The third-order valence-electron chi connectivity index (χ3n) is 2.47. The Balaban J connectivity index is 2.20. The SMILES string of the molecule is COc1cc(N2CCNCC2)ncc1Cl. The number of piperazine rings is 1. The number of halogens is 1. The molecule has 5 heteroatoms. The number of hydrogen-bond donors (Lipinski definition) is 1. The summed E-state index contributed by atoms with van der Waals surface area (Å²) >= 11 is 5.92. The molecule has 0 unspecified atom stereocenters. The lowest BCUT2D eigenvalue weighted by Gasteiger charge is -2.28. The van der Waals surface area contributed by atoms with E-state index in [9.17, 15) is 0 Å². The van der Waals surface area contributed by atoms with Crippen molar-refractivity contribution in [1.82, 2.24) is 10.3 Å². The normalized spacial score (nSPS) is 16.5. The first-order chi connectivity index (χ1) is 7.31. The van der Waals surface area contributed by atoms with Crippen molar-refractivity contribution >= 4 is 17.4 Å². The number of anilines is 1. The van der Waals surface area contributed by atoms with Crippen LogP contribution in [0.15, 0.2) is 12.3 Å². The van der Waals surface area contributed by atoms with Gasteiger partial charge in [0.1, 0.15) is 16.6 Å². The van der Waals surface area contributed by atoms with Crippen LogP contribution in [0.1, 0.15) is 0 Å². The van der Waals surface area contributed by atoms with Gasteiger partial charge in [-0.1, -0.05) is 11.6 Å².